The highest BCUT2D eigenvalue weighted by Gasteiger charge is 2.06. The van der Waals surface area contributed by atoms with Gasteiger partial charge in [-0.1, -0.05) is 76.7 Å². The van der Waals surface area contributed by atoms with Gasteiger partial charge in [-0.15, -0.1) is 0 Å². The zero-order chi connectivity index (χ0) is 25.5. The lowest BCUT2D eigenvalue weighted by molar-refractivity contribution is 0.104. The monoisotopic (exact) mass is 556 g/mol. The Bertz CT molecular complexity index is 1380. The van der Waals surface area contributed by atoms with Gasteiger partial charge in [-0.2, -0.15) is 0 Å². The van der Waals surface area contributed by atoms with E-state index in [0.29, 0.717) is 50.4 Å². The molecule has 0 saturated carbocycles. The number of rotatable bonds is 9. The highest BCUT2D eigenvalue weighted by atomic mass is 35.5. The molecule has 0 atom stereocenters. The van der Waals surface area contributed by atoms with Gasteiger partial charge in [0.25, 0.3) is 0 Å². The van der Waals surface area contributed by atoms with Gasteiger partial charge in [0, 0.05) is 36.8 Å². The summed E-state index contributed by atoms with van der Waals surface area (Å²) < 4.78 is 11.6. The predicted molar refractivity (Wildman–Crippen MR) is 148 cm³/mol. The van der Waals surface area contributed by atoms with Crippen molar-refractivity contribution in [2.45, 2.75) is 13.2 Å². The van der Waals surface area contributed by atoms with Gasteiger partial charge in [-0.25, -0.2) is 0 Å². The average molecular weight is 558 g/mol. The van der Waals surface area contributed by atoms with E-state index in [1.807, 2.05) is 36.4 Å². The molecule has 0 aliphatic heterocycles. The first-order chi connectivity index (χ1) is 17.4. The van der Waals surface area contributed by atoms with Gasteiger partial charge >= 0.3 is 0 Å². The number of allylic oxidation sites excluding steroid dienone is 1. The number of halogens is 4. The summed E-state index contributed by atoms with van der Waals surface area (Å²) in [6.45, 7) is 0.631. The lowest BCUT2D eigenvalue weighted by Gasteiger charge is -2.08. The quantitative estimate of drug-likeness (QED) is 0.152. The number of ketones is 1. The molecule has 0 amide bonds. The largest absolute Gasteiger partial charge is 0.489 e. The van der Waals surface area contributed by atoms with Crippen LogP contribution in [-0.4, -0.2) is 5.78 Å². The summed E-state index contributed by atoms with van der Waals surface area (Å²) in [7, 11) is 0. The molecule has 4 rings (SSSR count). The zero-order valence-electron chi connectivity index (χ0n) is 18.9. The molecular weight excluding hydrogens is 538 g/mol. The Labute approximate surface area is 229 Å². The SMILES string of the molecule is O=C(/C=C/c1ccc(OCc2ccc(Cl)cc2Cl)cc1)c1ccc(OCc2ccc(Cl)cc2Cl)cc1. The van der Waals surface area contributed by atoms with Crippen molar-refractivity contribution in [1.82, 2.24) is 0 Å². The van der Waals surface area contributed by atoms with Crippen molar-refractivity contribution in [2.75, 3.05) is 0 Å². The van der Waals surface area contributed by atoms with Crippen molar-refractivity contribution >= 4 is 58.3 Å². The summed E-state index contributed by atoms with van der Waals surface area (Å²) in [6, 6.07) is 24.9. The molecule has 7 heteroatoms. The molecule has 0 unspecified atom stereocenters. The maximum Gasteiger partial charge on any atom is 0.185 e. The molecule has 3 nitrogen and oxygen atoms in total. The van der Waals surface area contributed by atoms with Gasteiger partial charge in [0.15, 0.2) is 5.78 Å². The molecular formula is C29H20Cl4O3. The highest BCUT2D eigenvalue weighted by molar-refractivity contribution is 6.35. The van der Waals surface area contributed by atoms with Crippen molar-refractivity contribution < 1.29 is 14.3 Å². The molecule has 0 fully saturated rings. The molecule has 0 saturated heterocycles. The van der Waals surface area contributed by atoms with Crippen LogP contribution in [0.2, 0.25) is 20.1 Å². The number of benzene rings is 4. The van der Waals surface area contributed by atoms with E-state index in [1.165, 1.54) is 6.08 Å². The van der Waals surface area contributed by atoms with Crippen LogP contribution < -0.4 is 9.47 Å². The number of hydrogen-bond acceptors (Lipinski definition) is 3. The highest BCUT2D eigenvalue weighted by Crippen LogP contribution is 2.24. The Balaban J connectivity index is 1.29. The molecule has 0 bridgehead atoms. The minimum absolute atomic E-state index is 0.111. The summed E-state index contributed by atoms with van der Waals surface area (Å²) in [5.41, 5.74) is 3.11. The maximum atomic E-state index is 12.6. The molecule has 36 heavy (non-hydrogen) atoms. The Morgan fingerprint density at radius 2 is 1.11 bits per heavy atom. The number of hydrogen-bond donors (Lipinski definition) is 0. The first-order valence-corrected chi connectivity index (χ1v) is 12.4. The van der Waals surface area contributed by atoms with Gasteiger partial charge < -0.3 is 9.47 Å². The standard InChI is InChI=1S/C29H20Cl4O3/c30-23-8-4-21(27(32)15-23)17-35-25-10-1-19(2-11-25)3-14-29(34)20-6-12-26(13-7-20)36-18-22-5-9-24(31)16-28(22)33/h1-16H,17-18H2/b14-3+. The van der Waals surface area contributed by atoms with Crippen molar-refractivity contribution in [1.29, 1.82) is 0 Å². The van der Waals surface area contributed by atoms with Gasteiger partial charge in [0.1, 0.15) is 24.7 Å². The third-order valence-electron chi connectivity index (χ3n) is 5.26. The van der Waals surface area contributed by atoms with E-state index in [1.54, 1.807) is 54.6 Å². The van der Waals surface area contributed by atoms with Crippen molar-refractivity contribution in [3.8, 4) is 11.5 Å². The smallest absolute Gasteiger partial charge is 0.185 e. The number of carbonyl (C=O) groups excluding carboxylic acids is 1. The van der Waals surface area contributed by atoms with Gasteiger partial charge in [0.2, 0.25) is 0 Å². The van der Waals surface area contributed by atoms with Crippen LogP contribution in [0.5, 0.6) is 11.5 Å². The maximum absolute atomic E-state index is 12.6. The van der Waals surface area contributed by atoms with Crippen LogP contribution in [0.4, 0.5) is 0 Å². The minimum Gasteiger partial charge on any atom is -0.489 e. The fourth-order valence-electron chi connectivity index (χ4n) is 3.26. The van der Waals surface area contributed by atoms with E-state index < -0.39 is 0 Å². The van der Waals surface area contributed by atoms with E-state index in [-0.39, 0.29) is 5.78 Å². The zero-order valence-corrected chi connectivity index (χ0v) is 21.9. The van der Waals surface area contributed by atoms with Gasteiger partial charge in [-0.3, -0.25) is 4.79 Å². The molecule has 4 aromatic rings. The first kappa shape index (κ1) is 26.1. The van der Waals surface area contributed by atoms with E-state index >= 15 is 0 Å². The molecule has 0 radical (unpaired) electrons. The minimum atomic E-state index is -0.111. The van der Waals surface area contributed by atoms with Crippen LogP contribution in [0, 0.1) is 0 Å². The predicted octanol–water partition coefficient (Wildman–Crippen LogP) is 9.35. The van der Waals surface area contributed by atoms with E-state index in [2.05, 4.69) is 0 Å². The van der Waals surface area contributed by atoms with E-state index in [0.717, 1.165) is 16.7 Å². The summed E-state index contributed by atoms with van der Waals surface area (Å²) in [4.78, 5) is 12.6. The van der Waals surface area contributed by atoms with Crippen LogP contribution in [0.15, 0.2) is 91.0 Å². The summed E-state index contributed by atoms with van der Waals surface area (Å²) >= 11 is 24.2. The van der Waals surface area contributed by atoms with Crippen LogP contribution in [0.25, 0.3) is 6.08 Å². The Morgan fingerprint density at radius 1 is 0.639 bits per heavy atom. The lowest BCUT2D eigenvalue weighted by Crippen LogP contribution is -1.98. The fourth-order valence-corrected chi connectivity index (χ4v) is 4.18. The topological polar surface area (TPSA) is 35.5 Å². The summed E-state index contributed by atoms with van der Waals surface area (Å²) in [5.74, 6) is 1.22. The molecule has 4 aromatic carbocycles. The molecule has 0 aliphatic carbocycles. The van der Waals surface area contributed by atoms with E-state index in [4.69, 9.17) is 55.9 Å². The fraction of sp³-hybridized carbons (Fsp3) is 0.0690. The Hall–Kier alpha value is -2.95. The van der Waals surface area contributed by atoms with Crippen LogP contribution in [0.3, 0.4) is 0 Å². The molecule has 0 aliphatic rings. The van der Waals surface area contributed by atoms with Crippen LogP contribution >= 0.6 is 46.4 Å². The Morgan fingerprint density at radius 3 is 1.58 bits per heavy atom. The first-order valence-electron chi connectivity index (χ1n) is 10.9. The van der Waals surface area contributed by atoms with Gasteiger partial charge in [0.05, 0.1) is 0 Å². The third-order valence-corrected chi connectivity index (χ3v) is 6.44. The summed E-state index contributed by atoms with van der Waals surface area (Å²) in [6.07, 6.45) is 3.29. The molecule has 0 aromatic heterocycles. The number of ether oxygens (including phenoxy) is 2. The van der Waals surface area contributed by atoms with Crippen LogP contribution in [-0.2, 0) is 13.2 Å². The Kier molecular flexibility index (Phi) is 8.95. The summed E-state index contributed by atoms with van der Waals surface area (Å²) in [5, 5.41) is 2.26. The van der Waals surface area contributed by atoms with Crippen molar-refractivity contribution in [3.05, 3.63) is 133 Å². The van der Waals surface area contributed by atoms with Crippen molar-refractivity contribution in [3.63, 3.8) is 0 Å². The van der Waals surface area contributed by atoms with Crippen molar-refractivity contribution in [2.24, 2.45) is 0 Å². The molecule has 0 spiro atoms. The average Bonchev–Trinajstić information content (AvgIpc) is 2.87. The second-order valence-electron chi connectivity index (χ2n) is 7.84. The normalized spacial score (nSPS) is 11.0. The second kappa shape index (κ2) is 12.3. The van der Waals surface area contributed by atoms with Gasteiger partial charge in [-0.05, 0) is 72.3 Å². The third kappa shape index (κ3) is 7.28. The number of carbonyl (C=O) groups is 1. The van der Waals surface area contributed by atoms with E-state index in [9.17, 15) is 4.79 Å². The molecule has 0 heterocycles. The lowest BCUT2D eigenvalue weighted by atomic mass is 10.1. The molecule has 182 valence electrons. The van der Waals surface area contributed by atoms with Crippen LogP contribution in [0.1, 0.15) is 27.0 Å². The second-order valence-corrected chi connectivity index (χ2v) is 9.53. The molecule has 0 N–H and O–H groups in total.